The molecule has 8 nitrogen and oxygen atoms in total. The third-order valence-corrected chi connectivity index (χ3v) is 5.39. The van der Waals surface area contributed by atoms with E-state index in [4.69, 9.17) is 11.6 Å². The number of thiophene rings is 1. The van der Waals surface area contributed by atoms with Crippen molar-refractivity contribution in [2.24, 2.45) is 0 Å². The lowest BCUT2D eigenvalue weighted by atomic mass is 10.1. The van der Waals surface area contributed by atoms with E-state index in [-0.39, 0.29) is 23.0 Å². The number of nitrogens with one attached hydrogen (secondary N) is 3. The Kier molecular flexibility index (Phi) is 5.03. The first-order valence-corrected chi connectivity index (χ1v) is 9.51. The maximum absolute atomic E-state index is 12.9. The van der Waals surface area contributed by atoms with E-state index in [0.717, 1.165) is 23.5 Å². The molecule has 4 aromatic rings. The van der Waals surface area contributed by atoms with Gasteiger partial charge in [0.25, 0.3) is 5.56 Å². The van der Waals surface area contributed by atoms with Crippen LogP contribution >= 0.6 is 22.9 Å². The predicted octanol–water partition coefficient (Wildman–Crippen LogP) is 3.62. The molecule has 0 saturated carbocycles. The predicted molar refractivity (Wildman–Crippen MR) is 104 cm³/mol. The van der Waals surface area contributed by atoms with E-state index >= 15 is 0 Å². The van der Waals surface area contributed by atoms with E-state index in [1.165, 1.54) is 12.4 Å². The largest absolute Gasteiger partial charge is 0.433 e. The summed E-state index contributed by atoms with van der Waals surface area (Å²) in [6.07, 6.45) is -3.72. The molecule has 4 heterocycles. The number of halogens is 4. The quantitative estimate of drug-likeness (QED) is 0.435. The zero-order chi connectivity index (χ0) is 21.5. The van der Waals surface area contributed by atoms with Gasteiger partial charge in [-0.1, -0.05) is 11.6 Å². The van der Waals surface area contributed by atoms with Crippen molar-refractivity contribution >= 4 is 44.9 Å². The molecule has 0 spiro atoms. The SMILES string of the molecule is O=C(Cc1cc2nc(C(F)(F)F)ccc2[nH]c1=O)Nc1scc(Cl)c1-c1ncn[nH]1. The minimum atomic E-state index is -4.63. The topological polar surface area (TPSA) is 116 Å². The van der Waals surface area contributed by atoms with E-state index in [9.17, 15) is 22.8 Å². The number of amides is 1. The summed E-state index contributed by atoms with van der Waals surface area (Å²) in [6.45, 7) is 0. The summed E-state index contributed by atoms with van der Waals surface area (Å²) < 4.78 is 38.7. The van der Waals surface area contributed by atoms with Crippen LogP contribution in [0.4, 0.5) is 18.2 Å². The molecule has 4 aromatic heterocycles. The average molecular weight is 455 g/mol. The van der Waals surface area contributed by atoms with Gasteiger partial charge >= 0.3 is 6.18 Å². The van der Waals surface area contributed by atoms with Gasteiger partial charge in [0, 0.05) is 10.9 Å². The second kappa shape index (κ2) is 7.54. The number of hydrogen-bond donors (Lipinski definition) is 3. The van der Waals surface area contributed by atoms with Crippen LogP contribution in [0, 0.1) is 0 Å². The van der Waals surface area contributed by atoms with Crippen LogP contribution < -0.4 is 10.9 Å². The lowest BCUT2D eigenvalue weighted by Gasteiger charge is -2.08. The standard InChI is InChI=1S/C17H10ClF3N6O2S/c18-8-5-30-16(13(8)14-22-6-23-27-14)26-12(28)4-7-3-10-9(25-15(7)29)1-2-11(24-10)17(19,20)21/h1-3,5-6H,4H2,(H,25,29)(H,26,28)(H,22,23,27). The van der Waals surface area contributed by atoms with E-state index in [2.05, 4.69) is 30.5 Å². The first-order chi connectivity index (χ1) is 14.2. The molecule has 0 fully saturated rings. The van der Waals surface area contributed by atoms with Crippen LogP contribution in [-0.2, 0) is 17.4 Å². The van der Waals surface area contributed by atoms with Gasteiger partial charge in [0.15, 0.2) is 5.82 Å². The highest BCUT2D eigenvalue weighted by Crippen LogP contribution is 2.38. The summed E-state index contributed by atoms with van der Waals surface area (Å²) in [6, 6.07) is 3.06. The number of aromatic nitrogens is 5. The number of rotatable bonds is 4. The third-order valence-electron chi connectivity index (χ3n) is 4.07. The number of H-pyrrole nitrogens is 2. The van der Waals surface area contributed by atoms with Crippen molar-refractivity contribution in [3.8, 4) is 11.4 Å². The number of aromatic amines is 2. The Morgan fingerprint density at radius 3 is 2.80 bits per heavy atom. The molecular weight excluding hydrogens is 445 g/mol. The van der Waals surface area contributed by atoms with Crippen LogP contribution in [0.15, 0.2) is 34.7 Å². The molecule has 0 aromatic carbocycles. The van der Waals surface area contributed by atoms with Gasteiger partial charge in [-0.15, -0.1) is 11.3 Å². The normalized spacial score (nSPS) is 11.7. The van der Waals surface area contributed by atoms with Gasteiger partial charge in [0.2, 0.25) is 5.91 Å². The molecule has 13 heteroatoms. The van der Waals surface area contributed by atoms with Gasteiger partial charge in [0.05, 0.1) is 28.0 Å². The van der Waals surface area contributed by atoms with E-state index in [1.54, 1.807) is 5.38 Å². The Balaban J connectivity index is 1.61. The summed E-state index contributed by atoms with van der Waals surface area (Å²) in [7, 11) is 0. The molecule has 0 aliphatic carbocycles. The maximum Gasteiger partial charge on any atom is 0.433 e. The molecule has 0 aliphatic heterocycles. The molecule has 0 saturated heterocycles. The Morgan fingerprint density at radius 2 is 2.10 bits per heavy atom. The lowest BCUT2D eigenvalue weighted by Crippen LogP contribution is -2.21. The number of anilines is 1. The molecule has 0 radical (unpaired) electrons. The second-order valence-electron chi connectivity index (χ2n) is 6.10. The monoisotopic (exact) mass is 454 g/mol. The molecule has 154 valence electrons. The van der Waals surface area contributed by atoms with Gasteiger partial charge in [-0.3, -0.25) is 14.7 Å². The van der Waals surface area contributed by atoms with Crippen molar-refractivity contribution in [1.82, 2.24) is 25.1 Å². The summed E-state index contributed by atoms with van der Waals surface area (Å²) in [5.41, 5.74) is -1.23. The van der Waals surface area contributed by atoms with Crippen molar-refractivity contribution in [2.75, 3.05) is 5.32 Å². The molecule has 0 atom stereocenters. The summed E-state index contributed by atoms with van der Waals surface area (Å²) in [5, 5.41) is 11.3. The third kappa shape index (κ3) is 3.91. The minimum absolute atomic E-state index is 0.0318. The second-order valence-corrected chi connectivity index (χ2v) is 7.38. The first-order valence-electron chi connectivity index (χ1n) is 8.25. The fourth-order valence-corrected chi connectivity index (χ4v) is 3.94. The number of nitrogens with zero attached hydrogens (tertiary/aromatic N) is 3. The average Bonchev–Trinajstić information content (AvgIpc) is 3.31. The fourth-order valence-electron chi connectivity index (χ4n) is 2.73. The number of hydrogen-bond acceptors (Lipinski definition) is 6. The number of carbonyl (C=O) groups is 1. The molecule has 3 N–H and O–H groups in total. The first kappa shape index (κ1) is 20.0. The summed E-state index contributed by atoms with van der Waals surface area (Å²) in [5.74, 6) is -0.213. The zero-order valence-corrected chi connectivity index (χ0v) is 16.2. The van der Waals surface area contributed by atoms with Gasteiger partial charge in [-0.05, 0) is 18.2 Å². The van der Waals surface area contributed by atoms with Crippen molar-refractivity contribution in [1.29, 1.82) is 0 Å². The molecule has 0 aliphatic rings. The van der Waals surface area contributed by atoms with Crippen LogP contribution in [0.3, 0.4) is 0 Å². The Labute approximate surface area is 174 Å². The molecule has 0 unspecified atom stereocenters. The van der Waals surface area contributed by atoms with Gasteiger partial charge < -0.3 is 10.3 Å². The van der Waals surface area contributed by atoms with Gasteiger partial charge in [0.1, 0.15) is 17.0 Å². The smallest absolute Gasteiger partial charge is 0.320 e. The van der Waals surface area contributed by atoms with E-state index in [1.807, 2.05) is 0 Å². The van der Waals surface area contributed by atoms with E-state index in [0.29, 0.717) is 21.4 Å². The molecule has 1 amide bonds. The Morgan fingerprint density at radius 1 is 1.30 bits per heavy atom. The van der Waals surface area contributed by atoms with Crippen LogP contribution in [0.2, 0.25) is 5.02 Å². The van der Waals surface area contributed by atoms with Crippen molar-refractivity contribution in [3.63, 3.8) is 0 Å². The summed E-state index contributed by atoms with van der Waals surface area (Å²) in [4.78, 5) is 34.7. The number of pyridine rings is 2. The number of fused-ring (bicyclic) bond motifs is 1. The number of carbonyl (C=O) groups excluding carboxylic acids is 1. The van der Waals surface area contributed by atoms with Crippen LogP contribution in [0.1, 0.15) is 11.3 Å². The van der Waals surface area contributed by atoms with Crippen molar-refractivity contribution < 1.29 is 18.0 Å². The van der Waals surface area contributed by atoms with Crippen molar-refractivity contribution in [2.45, 2.75) is 12.6 Å². The van der Waals surface area contributed by atoms with E-state index < -0.39 is 23.3 Å². The molecule has 4 rings (SSSR count). The number of alkyl halides is 3. The molecule has 0 bridgehead atoms. The zero-order valence-electron chi connectivity index (χ0n) is 14.7. The van der Waals surface area contributed by atoms with Gasteiger partial charge in [-0.2, -0.15) is 18.3 Å². The molecule has 30 heavy (non-hydrogen) atoms. The fraction of sp³-hybridized carbons (Fsp3) is 0.118. The summed E-state index contributed by atoms with van der Waals surface area (Å²) >= 11 is 7.29. The maximum atomic E-state index is 12.9. The highest BCUT2D eigenvalue weighted by molar-refractivity contribution is 7.15. The van der Waals surface area contributed by atoms with Crippen LogP contribution in [-0.4, -0.2) is 31.1 Å². The molecular formula is C17H10ClF3N6O2S. The van der Waals surface area contributed by atoms with Gasteiger partial charge in [-0.25, -0.2) is 9.97 Å². The van der Waals surface area contributed by atoms with Crippen LogP contribution in [0.5, 0.6) is 0 Å². The Bertz CT molecular complexity index is 1300. The minimum Gasteiger partial charge on any atom is -0.320 e. The highest BCUT2D eigenvalue weighted by Gasteiger charge is 2.32. The lowest BCUT2D eigenvalue weighted by molar-refractivity contribution is -0.141. The Hall–Kier alpha value is -3.25. The highest BCUT2D eigenvalue weighted by atomic mass is 35.5. The van der Waals surface area contributed by atoms with Crippen LogP contribution in [0.25, 0.3) is 22.4 Å². The van der Waals surface area contributed by atoms with Crippen molar-refractivity contribution in [3.05, 3.63) is 56.5 Å².